The van der Waals surface area contributed by atoms with Crippen molar-refractivity contribution in [3.63, 3.8) is 0 Å². The molecule has 8 heteroatoms. The van der Waals surface area contributed by atoms with E-state index in [-0.39, 0.29) is 29.8 Å². The number of nitrogens with one attached hydrogen (secondary N) is 1. The fraction of sp³-hybridized carbons (Fsp3) is 0.600. The zero-order valence-corrected chi connectivity index (χ0v) is 16.9. The highest BCUT2D eigenvalue weighted by atomic mass is 32.2. The van der Waals surface area contributed by atoms with Crippen LogP contribution in [0.25, 0.3) is 11.0 Å². The molecule has 1 aliphatic carbocycles. The van der Waals surface area contributed by atoms with Gasteiger partial charge in [-0.05, 0) is 69.1 Å². The Morgan fingerprint density at radius 3 is 2.57 bits per heavy atom. The minimum Gasteiger partial charge on any atom is -0.346 e. The molecule has 1 amide bonds. The third-order valence-corrected chi connectivity index (χ3v) is 8.63. The van der Waals surface area contributed by atoms with Crippen LogP contribution in [0.2, 0.25) is 0 Å². The highest BCUT2D eigenvalue weighted by Gasteiger charge is 2.46. The topological polar surface area (TPSA) is 86.4 Å². The molecule has 3 aliphatic rings. The summed E-state index contributed by atoms with van der Waals surface area (Å²) in [4.78, 5) is 21.3. The maximum atomic E-state index is 12.6. The van der Waals surface area contributed by atoms with Crippen LogP contribution in [0, 0.1) is 0 Å². The van der Waals surface area contributed by atoms with Gasteiger partial charge in [0.25, 0.3) is 0 Å². The first-order valence-corrected chi connectivity index (χ1v) is 11.9. The number of hydrogen-bond donors (Lipinski definition) is 1. The largest absolute Gasteiger partial charge is 0.346 e. The number of anilines is 1. The second-order valence-electron chi connectivity index (χ2n) is 8.34. The summed E-state index contributed by atoms with van der Waals surface area (Å²) in [5.74, 6) is 1.16. The van der Waals surface area contributed by atoms with Crippen molar-refractivity contribution in [3.05, 3.63) is 23.9 Å². The molecular formula is C20H26N4O3S. The zero-order valence-electron chi connectivity index (χ0n) is 16.0. The second-order valence-corrected chi connectivity index (χ2v) is 10.5. The summed E-state index contributed by atoms with van der Waals surface area (Å²) in [5.41, 5.74) is 2.00. The maximum Gasteiger partial charge on any atom is 0.215 e. The van der Waals surface area contributed by atoms with Crippen molar-refractivity contribution in [2.24, 2.45) is 0 Å². The number of rotatable bonds is 6. The molecule has 2 aromatic rings. The number of aromatic amines is 1. The van der Waals surface area contributed by atoms with Gasteiger partial charge in [0.1, 0.15) is 11.5 Å². The standard InChI is InChI=1S/C20H26N4O3S/c1-2-28(26,27)24-15-5-6-16(24)10-13(9-15)18-11-19(23(12-25)14-3-4-14)22-20-17(18)7-8-21-20/h7-8,11-16H,2-6,9-10H2,1H3,(H,21,22). The van der Waals surface area contributed by atoms with Gasteiger partial charge >= 0.3 is 0 Å². The Balaban J connectivity index is 1.52. The van der Waals surface area contributed by atoms with E-state index < -0.39 is 10.0 Å². The van der Waals surface area contributed by atoms with E-state index in [0.717, 1.165) is 56.0 Å². The summed E-state index contributed by atoms with van der Waals surface area (Å²) < 4.78 is 26.9. The van der Waals surface area contributed by atoms with E-state index >= 15 is 0 Å². The molecule has 1 saturated carbocycles. The smallest absolute Gasteiger partial charge is 0.215 e. The quantitative estimate of drug-likeness (QED) is 0.753. The molecule has 2 aromatic heterocycles. The zero-order chi connectivity index (χ0) is 19.5. The number of H-pyrrole nitrogens is 1. The molecular weight excluding hydrogens is 376 g/mol. The number of pyridine rings is 1. The van der Waals surface area contributed by atoms with Crippen molar-refractivity contribution >= 4 is 33.3 Å². The molecule has 150 valence electrons. The summed E-state index contributed by atoms with van der Waals surface area (Å²) in [7, 11) is -3.16. The highest BCUT2D eigenvalue weighted by Crippen LogP contribution is 2.46. The summed E-state index contributed by atoms with van der Waals surface area (Å²) >= 11 is 0. The van der Waals surface area contributed by atoms with Crippen molar-refractivity contribution in [3.8, 4) is 0 Å². The fourth-order valence-corrected chi connectivity index (χ4v) is 6.78. The van der Waals surface area contributed by atoms with Gasteiger partial charge in [0.2, 0.25) is 16.4 Å². The minimum atomic E-state index is -3.16. The molecule has 5 rings (SSSR count). The van der Waals surface area contributed by atoms with Crippen molar-refractivity contribution in [1.29, 1.82) is 0 Å². The number of piperidine rings is 1. The van der Waals surface area contributed by atoms with E-state index in [1.54, 1.807) is 16.1 Å². The minimum absolute atomic E-state index is 0.0879. The van der Waals surface area contributed by atoms with Crippen LogP contribution in [0.4, 0.5) is 5.82 Å². The van der Waals surface area contributed by atoms with Gasteiger partial charge in [-0.25, -0.2) is 13.4 Å². The lowest BCUT2D eigenvalue weighted by atomic mass is 9.85. The maximum absolute atomic E-state index is 12.6. The average molecular weight is 403 g/mol. The van der Waals surface area contributed by atoms with E-state index in [1.807, 2.05) is 12.3 Å². The lowest BCUT2D eigenvalue weighted by Crippen LogP contribution is -2.46. The van der Waals surface area contributed by atoms with Gasteiger partial charge in [-0.2, -0.15) is 4.31 Å². The van der Waals surface area contributed by atoms with Crippen LogP contribution < -0.4 is 4.90 Å². The number of nitrogens with zero attached hydrogens (tertiary/aromatic N) is 3. The Morgan fingerprint density at radius 2 is 1.96 bits per heavy atom. The molecule has 4 heterocycles. The van der Waals surface area contributed by atoms with E-state index in [9.17, 15) is 13.2 Å². The van der Waals surface area contributed by atoms with Crippen LogP contribution in [-0.4, -0.2) is 53.0 Å². The van der Waals surface area contributed by atoms with Gasteiger partial charge in [0.15, 0.2) is 0 Å². The number of sulfonamides is 1. The highest BCUT2D eigenvalue weighted by molar-refractivity contribution is 7.89. The number of carbonyl (C=O) groups excluding carboxylic acids is 1. The van der Waals surface area contributed by atoms with Crippen LogP contribution in [0.15, 0.2) is 18.3 Å². The lowest BCUT2D eigenvalue weighted by Gasteiger charge is -2.38. The van der Waals surface area contributed by atoms with Gasteiger partial charge in [-0.15, -0.1) is 0 Å². The Labute approximate surface area is 165 Å². The first-order chi connectivity index (χ1) is 13.5. The Kier molecular flexibility index (Phi) is 4.24. The predicted octanol–water partition coefficient (Wildman–Crippen LogP) is 2.75. The lowest BCUT2D eigenvalue weighted by molar-refractivity contribution is -0.107. The van der Waals surface area contributed by atoms with Gasteiger partial charge in [-0.3, -0.25) is 9.69 Å². The molecule has 2 unspecified atom stereocenters. The van der Waals surface area contributed by atoms with E-state index in [2.05, 4.69) is 16.0 Å². The molecule has 0 spiro atoms. The number of amides is 1. The van der Waals surface area contributed by atoms with Crippen LogP contribution in [0.1, 0.15) is 56.9 Å². The third kappa shape index (κ3) is 2.85. The Morgan fingerprint density at radius 1 is 1.25 bits per heavy atom. The molecule has 3 fully saturated rings. The number of carbonyl (C=O) groups is 1. The first-order valence-electron chi connectivity index (χ1n) is 10.2. The summed E-state index contributed by atoms with van der Waals surface area (Å²) in [6.07, 6.45) is 8.38. The summed E-state index contributed by atoms with van der Waals surface area (Å²) in [6, 6.07) is 4.55. The Bertz CT molecular complexity index is 1000. The van der Waals surface area contributed by atoms with Gasteiger partial charge in [0.05, 0.1) is 5.75 Å². The van der Waals surface area contributed by atoms with Crippen LogP contribution in [0.5, 0.6) is 0 Å². The summed E-state index contributed by atoms with van der Waals surface area (Å²) in [5, 5.41) is 1.08. The number of hydrogen-bond acceptors (Lipinski definition) is 4. The van der Waals surface area contributed by atoms with Crippen LogP contribution in [-0.2, 0) is 14.8 Å². The molecule has 2 saturated heterocycles. The molecule has 2 aliphatic heterocycles. The van der Waals surface area contributed by atoms with Crippen molar-refractivity contribution < 1.29 is 13.2 Å². The van der Waals surface area contributed by atoms with Crippen LogP contribution in [0.3, 0.4) is 0 Å². The molecule has 28 heavy (non-hydrogen) atoms. The molecule has 2 bridgehead atoms. The fourth-order valence-electron chi connectivity index (χ4n) is 5.19. The predicted molar refractivity (Wildman–Crippen MR) is 108 cm³/mol. The Hall–Kier alpha value is -1.93. The molecule has 0 radical (unpaired) electrons. The number of aromatic nitrogens is 2. The number of fused-ring (bicyclic) bond motifs is 3. The molecule has 2 atom stereocenters. The molecule has 7 nitrogen and oxygen atoms in total. The van der Waals surface area contributed by atoms with Gasteiger partial charge < -0.3 is 4.98 Å². The molecule has 0 aromatic carbocycles. The van der Waals surface area contributed by atoms with E-state index in [0.29, 0.717) is 5.82 Å². The SMILES string of the molecule is CCS(=O)(=O)N1C2CCC1CC(c1cc(N(C=O)C3CC3)nc3[nH]ccc13)C2. The monoisotopic (exact) mass is 402 g/mol. The average Bonchev–Trinajstić information content (AvgIpc) is 3.33. The first kappa shape index (κ1) is 18.1. The van der Waals surface area contributed by atoms with E-state index in [4.69, 9.17) is 0 Å². The van der Waals surface area contributed by atoms with Gasteiger partial charge in [0, 0.05) is 29.7 Å². The third-order valence-electron chi connectivity index (χ3n) is 6.66. The molecule has 1 N–H and O–H groups in total. The van der Waals surface area contributed by atoms with Crippen molar-refractivity contribution in [2.45, 2.75) is 69.5 Å². The van der Waals surface area contributed by atoms with Crippen molar-refractivity contribution in [1.82, 2.24) is 14.3 Å². The van der Waals surface area contributed by atoms with Gasteiger partial charge in [-0.1, -0.05) is 0 Å². The van der Waals surface area contributed by atoms with Crippen LogP contribution >= 0.6 is 0 Å². The van der Waals surface area contributed by atoms with Crippen molar-refractivity contribution in [2.75, 3.05) is 10.7 Å². The van der Waals surface area contributed by atoms with E-state index in [1.165, 1.54) is 5.56 Å². The second kappa shape index (κ2) is 6.56. The normalized spacial score (nSPS) is 28.0. The summed E-state index contributed by atoms with van der Waals surface area (Å²) in [6.45, 7) is 1.73.